The van der Waals surface area contributed by atoms with Crippen LogP contribution >= 0.6 is 11.3 Å². The maximum atomic E-state index is 13.3. The van der Waals surface area contributed by atoms with Crippen LogP contribution in [0, 0.1) is 11.6 Å². The molecule has 0 saturated carbocycles. The van der Waals surface area contributed by atoms with Gasteiger partial charge in [-0.15, -0.1) is 11.3 Å². The molecular formula is C21H19F2N3O2S. The number of nitrogens with one attached hydrogen (secondary N) is 2. The monoisotopic (exact) mass is 415 g/mol. The number of nitrogens with zero attached hydrogens (tertiary/aromatic N) is 1. The van der Waals surface area contributed by atoms with Crippen molar-refractivity contribution < 1.29 is 18.4 Å². The number of anilines is 1. The number of carbonyl (C=O) groups excluding carboxylic acids is 2. The van der Waals surface area contributed by atoms with Crippen molar-refractivity contribution in [2.75, 3.05) is 11.9 Å². The van der Waals surface area contributed by atoms with Crippen molar-refractivity contribution in [3.63, 3.8) is 0 Å². The quantitative estimate of drug-likeness (QED) is 0.562. The van der Waals surface area contributed by atoms with Gasteiger partial charge in [-0.1, -0.05) is 24.3 Å². The third-order valence-electron chi connectivity index (χ3n) is 4.12. The smallest absolute Gasteiger partial charge is 0.257 e. The minimum absolute atomic E-state index is 0.0330. The standard InChI is InChI=1S/C21H19F2N3O2S/c1-13(27)24-8-2-3-14-4-6-15(7-5-14)19-12-29-21(25-19)26-20(28)16-9-17(22)11-18(23)10-16/h4-7,9-12H,2-3,8H2,1H3,(H,24,27)(H,25,26,28). The molecule has 1 aromatic heterocycles. The van der Waals surface area contributed by atoms with Gasteiger partial charge in [0.05, 0.1) is 5.69 Å². The number of carbonyl (C=O) groups is 2. The van der Waals surface area contributed by atoms with Crippen LogP contribution in [0.15, 0.2) is 47.8 Å². The summed E-state index contributed by atoms with van der Waals surface area (Å²) in [5.74, 6) is -2.28. The lowest BCUT2D eigenvalue weighted by Crippen LogP contribution is -2.21. The van der Waals surface area contributed by atoms with Crippen molar-refractivity contribution in [3.8, 4) is 11.3 Å². The fraction of sp³-hybridized carbons (Fsp3) is 0.190. The number of hydrogen-bond donors (Lipinski definition) is 2. The summed E-state index contributed by atoms with van der Waals surface area (Å²) >= 11 is 1.23. The second-order valence-corrected chi connectivity index (χ2v) is 7.29. The summed E-state index contributed by atoms with van der Waals surface area (Å²) < 4.78 is 26.5. The zero-order chi connectivity index (χ0) is 20.8. The fourth-order valence-electron chi connectivity index (χ4n) is 2.72. The molecule has 0 atom stereocenters. The molecule has 0 fully saturated rings. The van der Waals surface area contributed by atoms with E-state index in [1.165, 1.54) is 18.3 Å². The van der Waals surface area contributed by atoms with Gasteiger partial charge in [0.15, 0.2) is 5.13 Å². The highest BCUT2D eigenvalue weighted by Gasteiger charge is 2.12. The van der Waals surface area contributed by atoms with Crippen LogP contribution in [-0.2, 0) is 11.2 Å². The summed E-state index contributed by atoms with van der Waals surface area (Å²) in [5.41, 5.74) is 2.63. The van der Waals surface area contributed by atoms with Crippen LogP contribution in [0.1, 0.15) is 29.3 Å². The van der Waals surface area contributed by atoms with E-state index in [9.17, 15) is 18.4 Å². The highest BCUT2D eigenvalue weighted by Crippen LogP contribution is 2.26. The van der Waals surface area contributed by atoms with E-state index in [2.05, 4.69) is 15.6 Å². The van der Waals surface area contributed by atoms with Gasteiger partial charge in [-0.2, -0.15) is 0 Å². The summed E-state index contributed by atoms with van der Waals surface area (Å²) in [4.78, 5) is 27.4. The van der Waals surface area contributed by atoms with Crippen LogP contribution in [0.5, 0.6) is 0 Å². The molecule has 0 radical (unpaired) electrons. The van der Waals surface area contributed by atoms with Gasteiger partial charge >= 0.3 is 0 Å². The third kappa shape index (κ3) is 5.92. The largest absolute Gasteiger partial charge is 0.356 e. The van der Waals surface area contributed by atoms with Crippen molar-refractivity contribution in [2.24, 2.45) is 0 Å². The van der Waals surface area contributed by atoms with Crippen molar-refractivity contribution in [1.29, 1.82) is 0 Å². The minimum Gasteiger partial charge on any atom is -0.356 e. The number of halogens is 2. The van der Waals surface area contributed by atoms with Gasteiger partial charge in [-0.3, -0.25) is 14.9 Å². The SMILES string of the molecule is CC(=O)NCCCc1ccc(-c2csc(NC(=O)c3cc(F)cc(F)c3)n2)cc1. The van der Waals surface area contributed by atoms with Crippen LogP contribution in [-0.4, -0.2) is 23.3 Å². The minimum atomic E-state index is -0.813. The van der Waals surface area contributed by atoms with Gasteiger partial charge in [-0.05, 0) is 30.5 Å². The second kappa shape index (κ2) is 9.38. The number of thiazole rings is 1. The fourth-order valence-corrected chi connectivity index (χ4v) is 3.43. The normalized spacial score (nSPS) is 10.6. The van der Waals surface area contributed by atoms with Crippen molar-refractivity contribution in [2.45, 2.75) is 19.8 Å². The van der Waals surface area contributed by atoms with Gasteiger partial charge in [0.2, 0.25) is 5.91 Å². The van der Waals surface area contributed by atoms with Crippen LogP contribution < -0.4 is 10.6 Å². The Bertz CT molecular complexity index is 999. The third-order valence-corrected chi connectivity index (χ3v) is 4.87. The van der Waals surface area contributed by atoms with Crippen LogP contribution in [0.3, 0.4) is 0 Å². The molecule has 2 N–H and O–H groups in total. The van der Waals surface area contributed by atoms with Gasteiger partial charge in [0.25, 0.3) is 5.91 Å². The summed E-state index contributed by atoms with van der Waals surface area (Å²) in [6.45, 7) is 2.14. The highest BCUT2D eigenvalue weighted by atomic mass is 32.1. The average Bonchev–Trinajstić information content (AvgIpc) is 3.13. The first-order chi connectivity index (χ1) is 13.9. The second-order valence-electron chi connectivity index (χ2n) is 6.43. The van der Waals surface area contributed by atoms with E-state index in [4.69, 9.17) is 0 Å². The molecule has 0 spiro atoms. The molecule has 150 valence electrons. The molecular weight excluding hydrogens is 396 g/mol. The Kier molecular flexibility index (Phi) is 6.66. The van der Waals surface area contributed by atoms with Crippen LogP contribution in [0.25, 0.3) is 11.3 Å². The Labute approximate surface area is 170 Å². The molecule has 0 aliphatic heterocycles. The van der Waals surface area contributed by atoms with E-state index in [0.29, 0.717) is 23.4 Å². The maximum Gasteiger partial charge on any atom is 0.257 e. The molecule has 3 rings (SSSR count). The summed E-state index contributed by atoms with van der Waals surface area (Å²) in [5, 5.41) is 7.46. The lowest BCUT2D eigenvalue weighted by Gasteiger charge is -2.04. The summed E-state index contributed by atoms with van der Waals surface area (Å²) in [6, 6.07) is 10.5. The predicted octanol–water partition coefficient (Wildman–Crippen LogP) is 4.41. The van der Waals surface area contributed by atoms with E-state index in [0.717, 1.165) is 36.1 Å². The highest BCUT2D eigenvalue weighted by molar-refractivity contribution is 7.14. The van der Waals surface area contributed by atoms with Crippen molar-refractivity contribution in [3.05, 3.63) is 70.6 Å². The first-order valence-electron chi connectivity index (χ1n) is 8.97. The molecule has 2 aromatic carbocycles. The number of aryl methyl sites for hydroxylation is 1. The molecule has 3 aromatic rings. The predicted molar refractivity (Wildman–Crippen MR) is 109 cm³/mol. The molecule has 0 aliphatic carbocycles. The Morgan fingerprint density at radius 1 is 1.07 bits per heavy atom. The van der Waals surface area contributed by atoms with Crippen LogP contribution in [0.4, 0.5) is 13.9 Å². The van der Waals surface area contributed by atoms with Gasteiger partial charge < -0.3 is 5.32 Å². The molecule has 0 saturated heterocycles. The molecule has 1 heterocycles. The Balaban J connectivity index is 1.60. The topological polar surface area (TPSA) is 71.1 Å². The molecule has 0 bridgehead atoms. The molecule has 29 heavy (non-hydrogen) atoms. The lowest BCUT2D eigenvalue weighted by atomic mass is 10.1. The number of rotatable bonds is 7. The first-order valence-corrected chi connectivity index (χ1v) is 9.85. The van der Waals surface area contributed by atoms with Crippen molar-refractivity contribution >= 4 is 28.3 Å². The number of aromatic nitrogens is 1. The Morgan fingerprint density at radius 3 is 2.41 bits per heavy atom. The van der Waals surface area contributed by atoms with Gasteiger partial charge in [0, 0.05) is 36.0 Å². The first kappa shape index (κ1) is 20.6. The maximum absolute atomic E-state index is 13.3. The molecule has 0 aliphatic rings. The van der Waals surface area contributed by atoms with Gasteiger partial charge in [-0.25, -0.2) is 13.8 Å². The molecule has 8 heteroatoms. The number of hydrogen-bond acceptors (Lipinski definition) is 4. The molecule has 5 nitrogen and oxygen atoms in total. The Morgan fingerprint density at radius 2 is 1.76 bits per heavy atom. The average molecular weight is 415 g/mol. The van der Waals surface area contributed by atoms with E-state index >= 15 is 0 Å². The number of benzene rings is 2. The Hall–Kier alpha value is -3.13. The lowest BCUT2D eigenvalue weighted by molar-refractivity contribution is -0.118. The molecule has 2 amide bonds. The number of amides is 2. The van der Waals surface area contributed by atoms with E-state index < -0.39 is 17.5 Å². The van der Waals surface area contributed by atoms with E-state index in [1.807, 2.05) is 24.3 Å². The zero-order valence-corrected chi connectivity index (χ0v) is 16.5. The van der Waals surface area contributed by atoms with E-state index in [1.54, 1.807) is 5.38 Å². The van der Waals surface area contributed by atoms with Crippen LogP contribution in [0.2, 0.25) is 0 Å². The summed E-state index contributed by atoms with van der Waals surface area (Å²) in [7, 11) is 0. The van der Waals surface area contributed by atoms with Crippen molar-refractivity contribution in [1.82, 2.24) is 10.3 Å². The van der Waals surface area contributed by atoms with E-state index in [-0.39, 0.29) is 11.5 Å². The van der Waals surface area contributed by atoms with Gasteiger partial charge in [0.1, 0.15) is 11.6 Å². The molecule has 0 unspecified atom stereocenters. The summed E-state index contributed by atoms with van der Waals surface area (Å²) in [6.07, 6.45) is 1.70. The zero-order valence-electron chi connectivity index (χ0n) is 15.7.